The Morgan fingerprint density at radius 3 is 2.86 bits per heavy atom. The molecule has 3 nitrogen and oxygen atoms in total. The third-order valence-electron chi connectivity index (χ3n) is 3.98. The Bertz CT molecular complexity index is 821. The van der Waals surface area contributed by atoms with Gasteiger partial charge in [0.1, 0.15) is 12.8 Å². The first-order valence-electron chi connectivity index (χ1n) is 6.70. The molecule has 1 aromatic carbocycles. The lowest BCUT2D eigenvalue weighted by atomic mass is 9.89. The summed E-state index contributed by atoms with van der Waals surface area (Å²) in [4.78, 5) is 4.74. The van der Waals surface area contributed by atoms with Crippen molar-refractivity contribution in [1.82, 2.24) is 0 Å². The number of fused-ring (bicyclic) bond motifs is 5. The minimum atomic E-state index is 0. The Morgan fingerprint density at radius 1 is 1.19 bits per heavy atom. The standard InChI is InChI=1S/C17H15N2O.HI/c1-19-8-7-11-3-5-16-17(14(11)10-19)13-9-12(20-2)4-6-15(13)18-16;/h3-10,13H,1-2H3;1H/q+1;/p-1. The van der Waals surface area contributed by atoms with Gasteiger partial charge in [-0.15, -0.1) is 0 Å². The van der Waals surface area contributed by atoms with Gasteiger partial charge in [-0.05, 0) is 29.7 Å². The van der Waals surface area contributed by atoms with Gasteiger partial charge >= 0.3 is 0 Å². The van der Waals surface area contributed by atoms with E-state index in [2.05, 4.69) is 47.3 Å². The van der Waals surface area contributed by atoms with Crippen LogP contribution in [0, 0.1) is 0 Å². The van der Waals surface area contributed by atoms with Gasteiger partial charge in [0.05, 0.1) is 29.8 Å². The highest BCUT2D eigenvalue weighted by Crippen LogP contribution is 2.42. The third-order valence-corrected chi connectivity index (χ3v) is 3.98. The second-order valence-electron chi connectivity index (χ2n) is 5.23. The summed E-state index contributed by atoms with van der Waals surface area (Å²) in [7, 11) is 3.75. The molecule has 21 heavy (non-hydrogen) atoms. The van der Waals surface area contributed by atoms with Gasteiger partial charge in [0, 0.05) is 11.6 Å². The van der Waals surface area contributed by atoms with Crippen LogP contribution in [0.15, 0.2) is 59.6 Å². The number of benzene rings is 1. The molecule has 4 rings (SSSR count). The number of aliphatic imine (C=N–C) groups is 1. The third kappa shape index (κ3) is 2.18. The van der Waals surface area contributed by atoms with Gasteiger partial charge in [0.2, 0.25) is 0 Å². The van der Waals surface area contributed by atoms with Crippen molar-refractivity contribution >= 4 is 22.2 Å². The number of methoxy groups -OCH3 is 1. The topological polar surface area (TPSA) is 25.5 Å². The summed E-state index contributed by atoms with van der Waals surface area (Å²) in [6.07, 6.45) is 10.4. The molecule has 0 spiro atoms. The highest BCUT2D eigenvalue weighted by Gasteiger charge is 2.29. The molecule has 0 bridgehead atoms. The zero-order chi connectivity index (χ0) is 13.7. The average molecular weight is 390 g/mol. The molecule has 2 heterocycles. The molecule has 0 radical (unpaired) electrons. The Balaban J connectivity index is 0.00000132. The van der Waals surface area contributed by atoms with E-state index < -0.39 is 0 Å². The summed E-state index contributed by atoms with van der Waals surface area (Å²) in [5.74, 6) is 1.11. The Kier molecular flexibility index (Phi) is 3.57. The van der Waals surface area contributed by atoms with Crippen LogP contribution in [0.25, 0.3) is 10.8 Å². The summed E-state index contributed by atoms with van der Waals surface area (Å²) in [6.45, 7) is 0. The molecule has 106 valence electrons. The van der Waals surface area contributed by atoms with E-state index >= 15 is 0 Å². The van der Waals surface area contributed by atoms with Gasteiger partial charge in [0.15, 0.2) is 12.4 Å². The minimum Gasteiger partial charge on any atom is -1.00 e. The summed E-state index contributed by atoms with van der Waals surface area (Å²) in [5, 5.41) is 2.51. The van der Waals surface area contributed by atoms with E-state index in [9.17, 15) is 0 Å². The zero-order valence-electron chi connectivity index (χ0n) is 11.9. The van der Waals surface area contributed by atoms with Gasteiger partial charge in [-0.3, -0.25) is 4.99 Å². The monoisotopic (exact) mass is 390 g/mol. The predicted molar refractivity (Wildman–Crippen MR) is 79.2 cm³/mol. The maximum atomic E-state index is 5.36. The molecular formula is C17H15IN2O. The lowest BCUT2D eigenvalue weighted by Crippen LogP contribution is -3.00. The Hall–Kier alpha value is -1.69. The number of hydrogen-bond acceptors (Lipinski definition) is 2. The van der Waals surface area contributed by atoms with Crippen molar-refractivity contribution in [1.29, 1.82) is 0 Å². The van der Waals surface area contributed by atoms with Crippen molar-refractivity contribution < 1.29 is 33.3 Å². The molecule has 0 fully saturated rings. The molecule has 1 unspecified atom stereocenters. The maximum absolute atomic E-state index is 5.36. The molecule has 4 heteroatoms. The fraction of sp³-hybridized carbons (Fsp3) is 0.176. The molecule has 2 aromatic rings. The van der Waals surface area contributed by atoms with Crippen LogP contribution in [0.3, 0.4) is 0 Å². The average Bonchev–Trinajstić information content (AvgIpc) is 2.84. The van der Waals surface area contributed by atoms with Gasteiger partial charge < -0.3 is 28.7 Å². The fourth-order valence-electron chi connectivity index (χ4n) is 2.99. The van der Waals surface area contributed by atoms with E-state index in [1.807, 2.05) is 13.1 Å². The summed E-state index contributed by atoms with van der Waals surface area (Å²) < 4.78 is 7.45. The lowest BCUT2D eigenvalue weighted by molar-refractivity contribution is -0.670. The summed E-state index contributed by atoms with van der Waals surface area (Å²) >= 11 is 0. The van der Waals surface area contributed by atoms with Gasteiger partial charge in [0.25, 0.3) is 0 Å². The normalized spacial score (nSPS) is 18.5. The zero-order valence-corrected chi connectivity index (χ0v) is 14.0. The molecule has 1 aliphatic heterocycles. The van der Waals surface area contributed by atoms with Gasteiger partial charge in [-0.25, -0.2) is 4.57 Å². The van der Waals surface area contributed by atoms with Crippen LogP contribution in [0.4, 0.5) is 5.69 Å². The molecule has 1 aliphatic carbocycles. The van der Waals surface area contributed by atoms with Crippen LogP contribution >= 0.6 is 0 Å². The SMILES string of the molecule is COC1=CC2C(=Nc3ccc4cc[n+](C)cc4c32)C=C1.[I-]. The highest BCUT2D eigenvalue weighted by atomic mass is 127. The van der Waals surface area contributed by atoms with Crippen LogP contribution in [-0.2, 0) is 11.8 Å². The number of pyridine rings is 1. The van der Waals surface area contributed by atoms with Crippen molar-refractivity contribution in [3.05, 3.63) is 60.1 Å². The van der Waals surface area contributed by atoms with Crippen molar-refractivity contribution in [3.8, 4) is 0 Å². The molecule has 0 saturated heterocycles. The summed E-state index contributed by atoms with van der Waals surface area (Å²) in [6, 6.07) is 6.39. The number of aromatic nitrogens is 1. The summed E-state index contributed by atoms with van der Waals surface area (Å²) in [5.41, 5.74) is 3.45. The molecule has 0 N–H and O–H groups in total. The Morgan fingerprint density at radius 2 is 2.05 bits per heavy atom. The number of nitrogens with zero attached hydrogens (tertiary/aromatic N) is 2. The van der Waals surface area contributed by atoms with E-state index in [4.69, 9.17) is 9.73 Å². The number of hydrogen-bond donors (Lipinski definition) is 0. The minimum absolute atomic E-state index is 0. The van der Waals surface area contributed by atoms with E-state index in [-0.39, 0.29) is 29.9 Å². The first-order chi connectivity index (χ1) is 9.76. The van der Waals surface area contributed by atoms with Crippen molar-refractivity contribution in [3.63, 3.8) is 0 Å². The highest BCUT2D eigenvalue weighted by molar-refractivity contribution is 6.11. The smallest absolute Gasteiger partial charge is 0.176 e. The van der Waals surface area contributed by atoms with E-state index in [0.717, 1.165) is 17.2 Å². The molecule has 2 aliphatic rings. The maximum Gasteiger partial charge on any atom is 0.176 e. The van der Waals surface area contributed by atoms with E-state index in [1.165, 1.54) is 16.3 Å². The first kappa shape index (κ1) is 14.3. The number of ether oxygens (including phenoxy) is 1. The van der Waals surface area contributed by atoms with Crippen molar-refractivity contribution in [2.45, 2.75) is 5.92 Å². The van der Waals surface area contributed by atoms with Gasteiger partial charge in [-0.2, -0.15) is 0 Å². The van der Waals surface area contributed by atoms with E-state index in [0.29, 0.717) is 0 Å². The van der Waals surface area contributed by atoms with Crippen LogP contribution < -0.4 is 28.5 Å². The van der Waals surface area contributed by atoms with Crippen LogP contribution in [0.1, 0.15) is 11.5 Å². The number of rotatable bonds is 1. The first-order valence-corrected chi connectivity index (χ1v) is 6.70. The van der Waals surface area contributed by atoms with Crippen molar-refractivity contribution in [2.75, 3.05) is 7.11 Å². The van der Waals surface area contributed by atoms with Crippen LogP contribution in [0.5, 0.6) is 0 Å². The fourth-order valence-corrected chi connectivity index (χ4v) is 2.99. The molecule has 1 aromatic heterocycles. The van der Waals surface area contributed by atoms with Gasteiger partial charge in [-0.1, -0.05) is 6.07 Å². The number of allylic oxidation sites excluding steroid dienone is 3. The van der Waals surface area contributed by atoms with Crippen molar-refractivity contribution in [2.24, 2.45) is 12.0 Å². The number of halogens is 1. The second kappa shape index (κ2) is 5.26. The van der Waals surface area contributed by atoms with Crippen LogP contribution in [-0.4, -0.2) is 12.8 Å². The molecule has 0 amide bonds. The van der Waals surface area contributed by atoms with E-state index in [1.54, 1.807) is 7.11 Å². The predicted octanol–water partition coefficient (Wildman–Crippen LogP) is -0.0619. The largest absolute Gasteiger partial charge is 1.00 e. The quantitative estimate of drug-likeness (QED) is 0.495. The molecular weight excluding hydrogens is 375 g/mol. The second-order valence-corrected chi connectivity index (χ2v) is 5.23. The lowest BCUT2D eigenvalue weighted by Gasteiger charge is -2.15. The molecule has 0 saturated carbocycles. The van der Waals surface area contributed by atoms with Crippen LogP contribution in [0.2, 0.25) is 0 Å². The number of aryl methyl sites for hydroxylation is 1. The molecule has 1 atom stereocenters. The Labute approximate surface area is 140 Å².